The number of aliphatic hydroxyl groups excluding tert-OH is 2. The van der Waals surface area contributed by atoms with Crippen LogP contribution >= 0.6 is 0 Å². The monoisotopic (exact) mass is 294 g/mol. The van der Waals surface area contributed by atoms with Crippen LogP contribution in [0.15, 0.2) is 24.4 Å². The summed E-state index contributed by atoms with van der Waals surface area (Å²) < 4.78 is 0. The number of piperazine rings is 1. The Balaban J connectivity index is 2.11. The van der Waals surface area contributed by atoms with Crippen LogP contribution in [0.2, 0.25) is 0 Å². The maximum absolute atomic E-state index is 9.30. The Morgan fingerprint density at radius 1 is 1.19 bits per heavy atom. The van der Waals surface area contributed by atoms with Gasteiger partial charge in [-0.05, 0) is 12.1 Å². The summed E-state index contributed by atoms with van der Waals surface area (Å²) in [5, 5.41) is 22.0. The van der Waals surface area contributed by atoms with Gasteiger partial charge in [0, 0.05) is 52.0 Å². The molecule has 6 nitrogen and oxygen atoms in total. The highest BCUT2D eigenvalue weighted by Crippen LogP contribution is 2.20. The molecule has 1 atom stereocenters. The first-order chi connectivity index (χ1) is 10.3. The Morgan fingerprint density at radius 3 is 2.48 bits per heavy atom. The Hall–Kier alpha value is -1.05. The van der Waals surface area contributed by atoms with Gasteiger partial charge in [0.25, 0.3) is 0 Å². The average Bonchev–Trinajstić information content (AvgIpc) is 2.54. The topological polar surface area (TPSA) is 71.9 Å². The highest BCUT2D eigenvalue weighted by atomic mass is 16.3. The first-order valence-corrected chi connectivity index (χ1v) is 7.65. The van der Waals surface area contributed by atoms with E-state index in [-0.39, 0.29) is 19.3 Å². The molecule has 6 heteroatoms. The lowest BCUT2D eigenvalue weighted by Crippen LogP contribution is -2.48. The number of aliphatic hydroxyl groups is 2. The maximum atomic E-state index is 9.30. The Labute approximate surface area is 126 Å². The minimum atomic E-state index is 0.0882. The molecule has 0 saturated carbocycles. The van der Waals surface area contributed by atoms with Crippen molar-refractivity contribution >= 4 is 0 Å². The van der Waals surface area contributed by atoms with Gasteiger partial charge in [-0.2, -0.15) is 0 Å². The van der Waals surface area contributed by atoms with Crippen molar-refractivity contribution in [1.82, 2.24) is 20.1 Å². The first-order valence-electron chi connectivity index (χ1n) is 7.65. The molecule has 118 valence electrons. The highest BCUT2D eigenvalue weighted by Gasteiger charge is 2.24. The Kier molecular flexibility index (Phi) is 7.05. The molecular weight excluding hydrogens is 268 g/mol. The van der Waals surface area contributed by atoms with Gasteiger partial charge in [0.15, 0.2) is 0 Å². The number of pyridine rings is 1. The fraction of sp³-hybridized carbons (Fsp3) is 0.667. The summed E-state index contributed by atoms with van der Waals surface area (Å²) in [6.45, 7) is 6.21. The van der Waals surface area contributed by atoms with Crippen molar-refractivity contribution in [2.75, 3.05) is 59.0 Å². The third-order valence-corrected chi connectivity index (χ3v) is 3.89. The minimum Gasteiger partial charge on any atom is -0.395 e. The molecule has 0 radical (unpaired) electrons. The second-order valence-corrected chi connectivity index (χ2v) is 5.30. The SMILES string of the molecule is OCCN(CCO)C(CN1CCNCC1)c1ccccn1. The van der Waals surface area contributed by atoms with Crippen molar-refractivity contribution < 1.29 is 10.2 Å². The molecule has 3 N–H and O–H groups in total. The van der Waals surface area contributed by atoms with E-state index in [1.54, 1.807) is 6.20 Å². The normalized spacial score (nSPS) is 18.0. The smallest absolute Gasteiger partial charge is 0.0650 e. The van der Waals surface area contributed by atoms with Crippen LogP contribution in [0.3, 0.4) is 0 Å². The fourth-order valence-corrected chi connectivity index (χ4v) is 2.79. The van der Waals surface area contributed by atoms with Gasteiger partial charge in [-0.1, -0.05) is 6.07 Å². The predicted molar refractivity (Wildman–Crippen MR) is 82.0 cm³/mol. The molecule has 0 aromatic carbocycles. The maximum Gasteiger partial charge on any atom is 0.0650 e. The zero-order chi connectivity index (χ0) is 14.9. The molecule has 1 aromatic rings. The van der Waals surface area contributed by atoms with E-state index in [2.05, 4.69) is 20.1 Å². The van der Waals surface area contributed by atoms with E-state index in [4.69, 9.17) is 0 Å². The van der Waals surface area contributed by atoms with E-state index in [1.165, 1.54) is 0 Å². The van der Waals surface area contributed by atoms with E-state index < -0.39 is 0 Å². The molecule has 1 saturated heterocycles. The summed E-state index contributed by atoms with van der Waals surface area (Å²) in [4.78, 5) is 9.01. The van der Waals surface area contributed by atoms with Gasteiger partial charge in [0.05, 0.1) is 24.9 Å². The van der Waals surface area contributed by atoms with Gasteiger partial charge in [-0.15, -0.1) is 0 Å². The van der Waals surface area contributed by atoms with E-state index in [0.717, 1.165) is 38.4 Å². The third kappa shape index (κ3) is 5.01. The fourth-order valence-electron chi connectivity index (χ4n) is 2.79. The molecule has 1 aromatic heterocycles. The van der Waals surface area contributed by atoms with Crippen LogP contribution in [-0.2, 0) is 0 Å². The molecular formula is C15H26N4O2. The van der Waals surface area contributed by atoms with E-state index in [1.807, 2.05) is 18.2 Å². The van der Waals surface area contributed by atoms with Crippen LogP contribution in [-0.4, -0.2) is 84.0 Å². The van der Waals surface area contributed by atoms with Crippen LogP contribution in [0, 0.1) is 0 Å². The van der Waals surface area contributed by atoms with Crippen molar-refractivity contribution in [2.45, 2.75) is 6.04 Å². The molecule has 2 rings (SSSR count). The van der Waals surface area contributed by atoms with Gasteiger partial charge in [0.1, 0.15) is 0 Å². The molecule has 0 spiro atoms. The van der Waals surface area contributed by atoms with E-state index in [0.29, 0.717) is 13.1 Å². The zero-order valence-electron chi connectivity index (χ0n) is 12.5. The number of aromatic nitrogens is 1. The van der Waals surface area contributed by atoms with Crippen LogP contribution < -0.4 is 5.32 Å². The van der Waals surface area contributed by atoms with Crippen molar-refractivity contribution in [3.8, 4) is 0 Å². The van der Waals surface area contributed by atoms with E-state index in [9.17, 15) is 10.2 Å². The molecule has 1 fully saturated rings. The summed E-state index contributed by atoms with van der Waals surface area (Å²) in [5.41, 5.74) is 0.998. The lowest BCUT2D eigenvalue weighted by atomic mass is 10.1. The van der Waals surface area contributed by atoms with Gasteiger partial charge in [0.2, 0.25) is 0 Å². The van der Waals surface area contributed by atoms with Gasteiger partial charge in [-0.25, -0.2) is 0 Å². The van der Waals surface area contributed by atoms with Crippen molar-refractivity contribution in [3.63, 3.8) is 0 Å². The summed E-state index contributed by atoms with van der Waals surface area (Å²) >= 11 is 0. The third-order valence-electron chi connectivity index (χ3n) is 3.89. The molecule has 0 bridgehead atoms. The number of hydrogen-bond acceptors (Lipinski definition) is 6. The van der Waals surface area contributed by atoms with Crippen LogP contribution in [0.4, 0.5) is 0 Å². The molecule has 1 aliphatic heterocycles. The molecule has 21 heavy (non-hydrogen) atoms. The van der Waals surface area contributed by atoms with E-state index >= 15 is 0 Å². The van der Waals surface area contributed by atoms with Gasteiger partial charge in [-0.3, -0.25) is 14.8 Å². The first kappa shape index (κ1) is 16.3. The molecule has 0 amide bonds. The zero-order valence-corrected chi connectivity index (χ0v) is 12.5. The predicted octanol–water partition coefficient (Wildman–Crippen LogP) is -0.685. The molecule has 2 heterocycles. The highest BCUT2D eigenvalue weighted by molar-refractivity contribution is 5.10. The van der Waals surface area contributed by atoms with Crippen LogP contribution in [0.25, 0.3) is 0 Å². The lowest BCUT2D eigenvalue weighted by molar-refractivity contribution is 0.0885. The Morgan fingerprint density at radius 2 is 1.90 bits per heavy atom. The minimum absolute atomic E-state index is 0.0882. The molecule has 1 aliphatic rings. The summed E-state index contributed by atoms with van der Waals surface area (Å²) in [7, 11) is 0. The number of nitrogens with one attached hydrogen (secondary N) is 1. The molecule has 1 unspecified atom stereocenters. The second kappa shape index (κ2) is 9.07. The standard InChI is InChI=1S/C15H26N4O2/c20-11-9-19(10-12-21)15(14-3-1-2-4-17-14)13-18-7-5-16-6-8-18/h1-4,15-16,20-21H,5-13H2. The van der Waals surface area contributed by atoms with Crippen LogP contribution in [0.1, 0.15) is 11.7 Å². The van der Waals surface area contributed by atoms with Crippen LogP contribution in [0.5, 0.6) is 0 Å². The van der Waals surface area contributed by atoms with Gasteiger partial charge >= 0.3 is 0 Å². The van der Waals surface area contributed by atoms with Crippen molar-refractivity contribution in [2.24, 2.45) is 0 Å². The second-order valence-electron chi connectivity index (χ2n) is 5.30. The summed E-state index contributed by atoms with van der Waals surface area (Å²) in [6, 6.07) is 6.02. The number of hydrogen-bond donors (Lipinski definition) is 3. The number of nitrogens with zero attached hydrogens (tertiary/aromatic N) is 3. The average molecular weight is 294 g/mol. The lowest BCUT2D eigenvalue weighted by Gasteiger charge is -2.36. The Bertz CT molecular complexity index is 379. The quantitative estimate of drug-likeness (QED) is 0.590. The summed E-state index contributed by atoms with van der Waals surface area (Å²) in [6.07, 6.45) is 1.80. The van der Waals surface area contributed by atoms with Crippen molar-refractivity contribution in [3.05, 3.63) is 30.1 Å². The number of rotatable bonds is 8. The largest absolute Gasteiger partial charge is 0.395 e. The van der Waals surface area contributed by atoms with Crippen molar-refractivity contribution in [1.29, 1.82) is 0 Å². The van der Waals surface area contributed by atoms with Gasteiger partial charge < -0.3 is 15.5 Å². The summed E-state index contributed by atoms with van der Waals surface area (Å²) in [5.74, 6) is 0. The molecule has 0 aliphatic carbocycles.